The Labute approximate surface area is 101 Å². The van der Waals surface area contributed by atoms with E-state index >= 15 is 0 Å². The van der Waals surface area contributed by atoms with E-state index in [1.165, 1.54) is 0 Å². The second-order valence-electron chi connectivity index (χ2n) is 3.92. The summed E-state index contributed by atoms with van der Waals surface area (Å²) in [6.45, 7) is 3.91. The molecule has 0 aromatic rings. The SMILES string of the molecule is CCC(=O)NCC1CN(CCOC)C(=O)CO1. The Bertz CT molecular complexity index is 270. The fourth-order valence-corrected chi connectivity index (χ4v) is 1.57. The van der Waals surface area contributed by atoms with Crippen molar-refractivity contribution in [2.24, 2.45) is 0 Å². The summed E-state index contributed by atoms with van der Waals surface area (Å²) in [4.78, 5) is 24.3. The van der Waals surface area contributed by atoms with E-state index in [0.29, 0.717) is 32.7 Å². The van der Waals surface area contributed by atoms with E-state index in [0.717, 1.165) is 0 Å². The van der Waals surface area contributed by atoms with Crippen LogP contribution in [-0.4, -0.2) is 62.8 Å². The lowest BCUT2D eigenvalue weighted by atomic mass is 10.2. The number of carbonyl (C=O) groups excluding carboxylic acids is 2. The molecule has 6 nitrogen and oxygen atoms in total. The van der Waals surface area contributed by atoms with Gasteiger partial charge >= 0.3 is 0 Å². The molecule has 0 spiro atoms. The monoisotopic (exact) mass is 244 g/mol. The van der Waals surface area contributed by atoms with Gasteiger partial charge in [-0.1, -0.05) is 6.92 Å². The third kappa shape index (κ3) is 4.70. The zero-order valence-corrected chi connectivity index (χ0v) is 10.4. The predicted molar refractivity (Wildman–Crippen MR) is 61.5 cm³/mol. The fraction of sp³-hybridized carbons (Fsp3) is 0.818. The number of methoxy groups -OCH3 is 1. The Morgan fingerprint density at radius 1 is 1.65 bits per heavy atom. The van der Waals surface area contributed by atoms with Crippen molar-refractivity contribution in [3.05, 3.63) is 0 Å². The number of morpholine rings is 1. The maximum atomic E-state index is 11.5. The van der Waals surface area contributed by atoms with Crippen LogP contribution in [0.3, 0.4) is 0 Å². The second kappa shape index (κ2) is 7.24. The number of nitrogens with zero attached hydrogens (tertiary/aromatic N) is 1. The number of amides is 2. The van der Waals surface area contributed by atoms with Crippen molar-refractivity contribution in [3.63, 3.8) is 0 Å². The van der Waals surface area contributed by atoms with Crippen molar-refractivity contribution in [1.82, 2.24) is 10.2 Å². The Balaban J connectivity index is 2.33. The highest BCUT2D eigenvalue weighted by Crippen LogP contribution is 2.05. The molecular formula is C11H20N2O4. The number of hydrogen-bond acceptors (Lipinski definition) is 4. The molecule has 1 aliphatic rings. The smallest absolute Gasteiger partial charge is 0.248 e. The van der Waals surface area contributed by atoms with E-state index < -0.39 is 0 Å². The number of hydrogen-bond donors (Lipinski definition) is 1. The Morgan fingerprint density at radius 3 is 3.06 bits per heavy atom. The van der Waals surface area contributed by atoms with Crippen LogP contribution >= 0.6 is 0 Å². The Kier molecular flexibility index (Phi) is 5.93. The van der Waals surface area contributed by atoms with Crippen LogP contribution in [0.4, 0.5) is 0 Å². The highest BCUT2D eigenvalue weighted by molar-refractivity contribution is 5.78. The van der Waals surface area contributed by atoms with Crippen molar-refractivity contribution in [1.29, 1.82) is 0 Å². The van der Waals surface area contributed by atoms with E-state index in [1.54, 1.807) is 18.9 Å². The van der Waals surface area contributed by atoms with Crippen molar-refractivity contribution < 1.29 is 19.1 Å². The topological polar surface area (TPSA) is 67.9 Å². The van der Waals surface area contributed by atoms with Crippen LogP contribution in [0.2, 0.25) is 0 Å². The molecule has 1 saturated heterocycles. The van der Waals surface area contributed by atoms with Crippen molar-refractivity contribution in [2.75, 3.05) is 40.0 Å². The zero-order chi connectivity index (χ0) is 12.7. The highest BCUT2D eigenvalue weighted by atomic mass is 16.5. The number of rotatable bonds is 6. The maximum Gasteiger partial charge on any atom is 0.248 e. The van der Waals surface area contributed by atoms with Crippen LogP contribution < -0.4 is 5.32 Å². The third-order valence-corrected chi connectivity index (χ3v) is 2.63. The molecule has 0 aromatic heterocycles. The summed E-state index contributed by atoms with van der Waals surface area (Å²) in [6.07, 6.45) is 0.332. The minimum absolute atomic E-state index is 0.00561. The molecule has 0 aliphatic carbocycles. The lowest BCUT2D eigenvalue weighted by molar-refractivity contribution is -0.149. The Hall–Kier alpha value is -1.14. The van der Waals surface area contributed by atoms with Gasteiger partial charge in [-0.15, -0.1) is 0 Å². The average Bonchev–Trinajstić information content (AvgIpc) is 2.35. The predicted octanol–water partition coefficient (Wildman–Crippen LogP) is -0.614. The lowest BCUT2D eigenvalue weighted by Gasteiger charge is -2.32. The molecule has 1 aliphatic heterocycles. The summed E-state index contributed by atoms with van der Waals surface area (Å²) in [5, 5.41) is 2.76. The van der Waals surface area contributed by atoms with Crippen molar-refractivity contribution in [3.8, 4) is 0 Å². The van der Waals surface area contributed by atoms with Gasteiger partial charge in [0.2, 0.25) is 11.8 Å². The molecule has 1 atom stereocenters. The molecule has 0 aromatic carbocycles. The van der Waals surface area contributed by atoms with Gasteiger partial charge in [-0.2, -0.15) is 0 Å². The molecule has 1 fully saturated rings. The number of nitrogens with one attached hydrogen (secondary N) is 1. The molecule has 1 heterocycles. The summed E-state index contributed by atoms with van der Waals surface area (Å²) in [5.74, 6) is -0.0333. The van der Waals surface area contributed by atoms with Gasteiger partial charge in [-0.3, -0.25) is 9.59 Å². The van der Waals surface area contributed by atoms with Crippen LogP contribution in [-0.2, 0) is 19.1 Å². The average molecular weight is 244 g/mol. The number of ether oxygens (including phenoxy) is 2. The van der Waals surface area contributed by atoms with Gasteiger partial charge in [0.1, 0.15) is 6.61 Å². The van der Waals surface area contributed by atoms with Gasteiger partial charge in [0, 0.05) is 33.2 Å². The third-order valence-electron chi connectivity index (χ3n) is 2.63. The maximum absolute atomic E-state index is 11.5. The van der Waals surface area contributed by atoms with Crippen LogP contribution in [0.1, 0.15) is 13.3 Å². The molecule has 1 unspecified atom stereocenters. The minimum atomic E-state index is -0.125. The first-order valence-corrected chi connectivity index (χ1v) is 5.82. The van der Waals surface area contributed by atoms with Crippen molar-refractivity contribution >= 4 is 11.8 Å². The standard InChI is InChI=1S/C11H20N2O4/c1-3-10(14)12-6-9-7-13(4-5-16-2)11(15)8-17-9/h9H,3-8H2,1-2H3,(H,12,14). The minimum Gasteiger partial charge on any atom is -0.383 e. The van der Waals surface area contributed by atoms with Crippen LogP contribution in [0.5, 0.6) is 0 Å². The largest absolute Gasteiger partial charge is 0.383 e. The molecule has 1 rings (SSSR count). The van der Waals surface area contributed by atoms with E-state index in [2.05, 4.69) is 5.32 Å². The van der Waals surface area contributed by atoms with Gasteiger partial charge in [0.15, 0.2) is 0 Å². The van der Waals surface area contributed by atoms with E-state index in [1.807, 2.05) is 0 Å². The molecule has 98 valence electrons. The van der Waals surface area contributed by atoms with Gasteiger partial charge in [-0.25, -0.2) is 0 Å². The van der Waals surface area contributed by atoms with Gasteiger partial charge in [0.05, 0.1) is 12.7 Å². The Morgan fingerprint density at radius 2 is 2.41 bits per heavy atom. The van der Waals surface area contributed by atoms with Crippen LogP contribution in [0.15, 0.2) is 0 Å². The first-order valence-electron chi connectivity index (χ1n) is 5.82. The molecule has 2 amide bonds. The summed E-state index contributed by atoms with van der Waals surface area (Å²) in [5.41, 5.74) is 0. The molecule has 0 radical (unpaired) electrons. The van der Waals surface area contributed by atoms with E-state index in [4.69, 9.17) is 9.47 Å². The molecular weight excluding hydrogens is 224 g/mol. The molecule has 0 bridgehead atoms. The number of carbonyl (C=O) groups is 2. The zero-order valence-electron chi connectivity index (χ0n) is 10.4. The fourth-order valence-electron chi connectivity index (χ4n) is 1.57. The quantitative estimate of drug-likeness (QED) is 0.676. The van der Waals surface area contributed by atoms with Gasteiger partial charge < -0.3 is 19.7 Å². The molecule has 1 N–H and O–H groups in total. The first kappa shape index (κ1) is 13.9. The van der Waals surface area contributed by atoms with Gasteiger partial charge in [0.25, 0.3) is 0 Å². The van der Waals surface area contributed by atoms with E-state index in [9.17, 15) is 9.59 Å². The van der Waals surface area contributed by atoms with Crippen LogP contribution in [0, 0.1) is 0 Å². The summed E-state index contributed by atoms with van der Waals surface area (Å²) < 4.78 is 10.3. The first-order chi connectivity index (χ1) is 8.17. The molecule has 0 saturated carbocycles. The molecule has 17 heavy (non-hydrogen) atoms. The lowest BCUT2D eigenvalue weighted by Crippen LogP contribution is -2.51. The van der Waals surface area contributed by atoms with Crippen LogP contribution in [0.25, 0.3) is 0 Å². The van der Waals surface area contributed by atoms with E-state index in [-0.39, 0.29) is 24.5 Å². The summed E-state index contributed by atoms with van der Waals surface area (Å²) >= 11 is 0. The van der Waals surface area contributed by atoms with Crippen molar-refractivity contribution in [2.45, 2.75) is 19.4 Å². The second-order valence-corrected chi connectivity index (χ2v) is 3.92. The normalized spacial score (nSPS) is 20.5. The highest BCUT2D eigenvalue weighted by Gasteiger charge is 2.25. The summed E-state index contributed by atoms with van der Waals surface area (Å²) in [7, 11) is 1.60. The van der Waals surface area contributed by atoms with Gasteiger partial charge in [-0.05, 0) is 0 Å². The summed E-state index contributed by atoms with van der Waals surface area (Å²) in [6, 6.07) is 0. The molecule has 6 heteroatoms.